The molecule has 1 aromatic rings. The van der Waals surface area contributed by atoms with Crippen molar-refractivity contribution in [2.75, 3.05) is 49.9 Å². The van der Waals surface area contributed by atoms with Crippen LogP contribution in [0.25, 0.3) is 0 Å². The molecule has 0 atom stereocenters. The number of para-hydroxylation sites is 1. The summed E-state index contributed by atoms with van der Waals surface area (Å²) < 4.78 is 0. The minimum Gasteiger partial charge on any atom is -0.340 e. The van der Waals surface area contributed by atoms with Crippen LogP contribution in [0.2, 0.25) is 0 Å². The molecule has 3 rings (SSSR count). The molecule has 2 amide bonds. The number of hydrogen-bond donors (Lipinski definition) is 0. The molecule has 0 aliphatic carbocycles. The van der Waals surface area contributed by atoms with E-state index in [9.17, 15) is 9.59 Å². The maximum atomic E-state index is 12.8. The van der Waals surface area contributed by atoms with Crippen LogP contribution in [0.5, 0.6) is 0 Å². The highest BCUT2D eigenvalue weighted by atomic mass is 32.2. The van der Waals surface area contributed by atoms with Crippen molar-refractivity contribution >= 4 is 29.3 Å². The van der Waals surface area contributed by atoms with Crippen molar-refractivity contribution in [3.63, 3.8) is 0 Å². The van der Waals surface area contributed by atoms with Gasteiger partial charge in [0.15, 0.2) is 0 Å². The van der Waals surface area contributed by atoms with Gasteiger partial charge in [-0.1, -0.05) is 32.9 Å². The molecular formula is C19H27N3O2S. The van der Waals surface area contributed by atoms with E-state index in [1.165, 1.54) is 4.90 Å². The molecule has 0 radical (unpaired) electrons. The number of carbonyl (C=O) groups is 2. The predicted octanol–water partition coefficient (Wildman–Crippen LogP) is 2.32. The van der Waals surface area contributed by atoms with Gasteiger partial charge in [0, 0.05) is 48.8 Å². The molecule has 0 bridgehead atoms. The van der Waals surface area contributed by atoms with Crippen molar-refractivity contribution in [2.24, 2.45) is 5.41 Å². The number of thioether (sulfide) groups is 1. The molecule has 1 aromatic carbocycles. The van der Waals surface area contributed by atoms with Crippen LogP contribution < -0.4 is 4.90 Å². The van der Waals surface area contributed by atoms with Gasteiger partial charge >= 0.3 is 0 Å². The van der Waals surface area contributed by atoms with E-state index in [0.29, 0.717) is 19.6 Å². The molecule has 2 aliphatic rings. The van der Waals surface area contributed by atoms with E-state index in [1.807, 2.05) is 60.5 Å². The number of carbonyl (C=O) groups excluding carboxylic acids is 2. The fraction of sp³-hybridized carbons (Fsp3) is 0.579. The van der Waals surface area contributed by atoms with Gasteiger partial charge in [0.25, 0.3) is 0 Å². The Morgan fingerprint density at radius 3 is 2.40 bits per heavy atom. The Balaban J connectivity index is 1.56. The second kappa shape index (κ2) is 7.38. The van der Waals surface area contributed by atoms with Gasteiger partial charge in [-0.25, -0.2) is 0 Å². The molecule has 0 spiro atoms. The van der Waals surface area contributed by atoms with Gasteiger partial charge < -0.3 is 9.80 Å². The van der Waals surface area contributed by atoms with E-state index in [0.717, 1.165) is 31.1 Å². The van der Waals surface area contributed by atoms with Crippen LogP contribution >= 0.6 is 11.8 Å². The topological polar surface area (TPSA) is 43.9 Å². The van der Waals surface area contributed by atoms with Crippen LogP contribution in [0.15, 0.2) is 29.2 Å². The van der Waals surface area contributed by atoms with Crippen molar-refractivity contribution in [1.29, 1.82) is 0 Å². The summed E-state index contributed by atoms with van der Waals surface area (Å²) in [7, 11) is 0. The normalized spacial score (nSPS) is 18.8. The van der Waals surface area contributed by atoms with Gasteiger partial charge in [-0.05, 0) is 12.1 Å². The third kappa shape index (κ3) is 4.18. The first-order valence-electron chi connectivity index (χ1n) is 8.90. The third-order valence-electron chi connectivity index (χ3n) is 4.69. The first-order chi connectivity index (χ1) is 11.9. The zero-order valence-corrected chi connectivity index (χ0v) is 16.1. The largest absolute Gasteiger partial charge is 0.340 e. The van der Waals surface area contributed by atoms with E-state index in [4.69, 9.17) is 0 Å². The quantitative estimate of drug-likeness (QED) is 0.811. The fourth-order valence-corrected chi connectivity index (χ4v) is 4.28. The van der Waals surface area contributed by atoms with Crippen molar-refractivity contribution in [3.8, 4) is 0 Å². The van der Waals surface area contributed by atoms with E-state index < -0.39 is 0 Å². The molecule has 1 fully saturated rings. The van der Waals surface area contributed by atoms with Crippen LogP contribution in [0.1, 0.15) is 20.8 Å². The Morgan fingerprint density at radius 2 is 1.72 bits per heavy atom. The van der Waals surface area contributed by atoms with Crippen LogP contribution in [-0.4, -0.2) is 66.6 Å². The van der Waals surface area contributed by atoms with Gasteiger partial charge in [-0.15, -0.1) is 11.8 Å². The summed E-state index contributed by atoms with van der Waals surface area (Å²) in [5, 5.41) is 0. The molecule has 25 heavy (non-hydrogen) atoms. The van der Waals surface area contributed by atoms with Crippen molar-refractivity contribution in [2.45, 2.75) is 25.7 Å². The monoisotopic (exact) mass is 361 g/mol. The minimum absolute atomic E-state index is 0.156. The van der Waals surface area contributed by atoms with E-state index in [1.54, 1.807) is 0 Å². The average molecular weight is 362 g/mol. The summed E-state index contributed by atoms with van der Waals surface area (Å²) in [6.45, 7) is 9.99. The molecule has 136 valence electrons. The summed E-state index contributed by atoms with van der Waals surface area (Å²) >= 11 is 1.81. The number of rotatable bonds is 2. The zero-order valence-electron chi connectivity index (χ0n) is 15.3. The average Bonchev–Trinajstić information content (AvgIpc) is 2.60. The van der Waals surface area contributed by atoms with Crippen LogP contribution in [-0.2, 0) is 9.59 Å². The zero-order chi connectivity index (χ0) is 18.0. The SMILES string of the molecule is CC(C)(C)C(=O)N1CCN(CC(=O)N2CCSc3ccccc32)CC1. The second-order valence-corrected chi connectivity index (χ2v) is 8.82. The van der Waals surface area contributed by atoms with Gasteiger partial charge in [-0.2, -0.15) is 0 Å². The van der Waals surface area contributed by atoms with Crippen LogP contribution in [0, 0.1) is 5.41 Å². The maximum Gasteiger partial charge on any atom is 0.241 e. The van der Waals surface area contributed by atoms with E-state index in [-0.39, 0.29) is 17.2 Å². The molecular weight excluding hydrogens is 334 g/mol. The summed E-state index contributed by atoms with van der Waals surface area (Å²) in [6.07, 6.45) is 0. The van der Waals surface area contributed by atoms with Crippen molar-refractivity contribution in [1.82, 2.24) is 9.80 Å². The number of nitrogens with zero attached hydrogens (tertiary/aromatic N) is 3. The van der Waals surface area contributed by atoms with Crippen LogP contribution in [0.3, 0.4) is 0 Å². The molecule has 1 saturated heterocycles. The summed E-state index contributed by atoms with van der Waals surface area (Å²) in [5.41, 5.74) is 0.693. The summed E-state index contributed by atoms with van der Waals surface area (Å²) in [6, 6.07) is 8.11. The van der Waals surface area contributed by atoms with Gasteiger partial charge in [0.05, 0.1) is 12.2 Å². The molecule has 2 heterocycles. The van der Waals surface area contributed by atoms with E-state index in [2.05, 4.69) is 11.0 Å². The molecule has 2 aliphatic heterocycles. The van der Waals surface area contributed by atoms with Gasteiger partial charge in [-0.3, -0.25) is 14.5 Å². The Hall–Kier alpha value is -1.53. The maximum absolute atomic E-state index is 12.8. The molecule has 5 nitrogen and oxygen atoms in total. The number of anilines is 1. The van der Waals surface area contributed by atoms with Gasteiger partial charge in [0.1, 0.15) is 0 Å². The fourth-order valence-electron chi connectivity index (χ4n) is 3.29. The number of fused-ring (bicyclic) bond motifs is 1. The van der Waals surface area contributed by atoms with Crippen LogP contribution in [0.4, 0.5) is 5.69 Å². The Bertz CT molecular complexity index is 648. The lowest BCUT2D eigenvalue weighted by molar-refractivity contribution is -0.141. The highest BCUT2D eigenvalue weighted by Crippen LogP contribution is 2.34. The standard InChI is InChI=1S/C19H27N3O2S/c1-19(2,3)18(24)21-10-8-20(9-11-21)14-17(23)22-12-13-25-16-7-5-4-6-15(16)22/h4-7H,8-14H2,1-3H3. The lowest BCUT2D eigenvalue weighted by atomic mass is 9.94. The Kier molecular flexibility index (Phi) is 5.39. The lowest BCUT2D eigenvalue weighted by Crippen LogP contribution is -2.54. The number of amides is 2. The minimum atomic E-state index is -0.340. The highest BCUT2D eigenvalue weighted by Gasteiger charge is 2.31. The van der Waals surface area contributed by atoms with Crippen molar-refractivity contribution in [3.05, 3.63) is 24.3 Å². The Labute approximate surface area is 154 Å². The lowest BCUT2D eigenvalue weighted by Gasteiger charge is -2.38. The third-order valence-corrected chi connectivity index (χ3v) is 5.73. The molecule has 6 heteroatoms. The summed E-state index contributed by atoms with van der Waals surface area (Å²) in [4.78, 5) is 32.3. The highest BCUT2D eigenvalue weighted by molar-refractivity contribution is 7.99. The van der Waals surface area contributed by atoms with Gasteiger partial charge in [0.2, 0.25) is 11.8 Å². The number of piperazine rings is 1. The van der Waals surface area contributed by atoms with E-state index >= 15 is 0 Å². The number of benzene rings is 1. The predicted molar refractivity (Wildman–Crippen MR) is 102 cm³/mol. The molecule has 0 aromatic heterocycles. The molecule has 0 unspecified atom stereocenters. The van der Waals surface area contributed by atoms with Crippen molar-refractivity contribution < 1.29 is 9.59 Å². The Morgan fingerprint density at radius 1 is 1.04 bits per heavy atom. The molecule has 0 N–H and O–H groups in total. The number of hydrogen-bond acceptors (Lipinski definition) is 4. The first-order valence-corrected chi connectivity index (χ1v) is 9.89. The first kappa shape index (κ1) is 18.3. The summed E-state index contributed by atoms with van der Waals surface area (Å²) in [5.74, 6) is 1.29. The molecule has 0 saturated carbocycles. The smallest absolute Gasteiger partial charge is 0.241 e. The second-order valence-electron chi connectivity index (χ2n) is 7.68.